The van der Waals surface area contributed by atoms with Gasteiger partial charge >= 0.3 is 0 Å². The SMILES string of the molecule is CCC(C)N(C)C(=O)CC1COCCN1.Cl. The summed E-state index contributed by atoms with van der Waals surface area (Å²) < 4.78 is 5.32. The van der Waals surface area contributed by atoms with Gasteiger partial charge in [-0.1, -0.05) is 6.92 Å². The fourth-order valence-corrected chi connectivity index (χ4v) is 1.63. The van der Waals surface area contributed by atoms with E-state index >= 15 is 0 Å². The molecular weight excluding hydrogens is 228 g/mol. The van der Waals surface area contributed by atoms with Crippen molar-refractivity contribution in [3.8, 4) is 0 Å². The Morgan fingerprint density at radius 3 is 2.81 bits per heavy atom. The molecule has 0 spiro atoms. The predicted octanol–water partition coefficient (Wildman–Crippen LogP) is 1.04. The van der Waals surface area contributed by atoms with Gasteiger partial charge in [-0.2, -0.15) is 0 Å². The lowest BCUT2D eigenvalue weighted by Gasteiger charge is -2.28. The largest absolute Gasteiger partial charge is 0.378 e. The van der Waals surface area contributed by atoms with Crippen LogP contribution in [0.25, 0.3) is 0 Å². The van der Waals surface area contributed by atoms with Crippen molar-refractivity contribution in [2.45, 2.75) is 38.8 Å². The molecule has 1 fully saturated rings. The molecule has 16 heavy (non-hydrogen) atoms. The monoisotopic (exact) mass is 250 g/mol. The number of carbonyl (C=O) groups excluding carboxylic acids is 1. The third-order valence-corrected chi connectivity index (χ3v) is 3.06. The lowest BCUT2D eigenvalue weighted by Crippen LogP contribution is -2.45. The van der Waals surface area contributed by atoms with E-state index in [1.165, 1.54) is 0 Å². The summed E-state index contributed by atoms with van der Waals surface area (Å²) in [5.41, 5.74) is 0. The van der Waals surface area contributed by atoms with Crippen LogP contribution in [0.2, 0.25) is 0 Å². The van der Waals surface area contributed by atoms with Gasteiger partial charge in [0.15, 0.2) is 0 Å². The third kappa shape index (κ3) is 4.68. The number of amides is 1. The Balaban J connectivity index is 0.00000225. The van der Waals surface area contributed by atoms with Crippen molar-refractivity contribution in [2.75, 3.05) is 26.8 Å². The van der Waals surface area contributed by atoms with Gasteiger partial charge in [-0.3, -0.25) is 4.79 Å². The van der Waals surface area contributed by atoms with Crippen molar-refractivity contribution >= 4 is 18.3 Å². The maximum absolute atomic E-state index is 11.8. The summed E-state index contributed by atoms with van der Waals surface area (Å²) in [6.45, 7) is 6.43. The van der Waals surface area contributed by atoms with Gasteiger partial charge in [0.05, 0.1) is 13.2 Å². The van der Waals surface area contributed by atoms with Crippen molar-refractivity contribution in [3.05, 3.63) is 0 Å². The average molecular weight is 251 g/mol. The number of nitrogens with zero attached hydrogens (tertiary/aromatic N) is 1. The summed E-state index contributed by atoms with van der Waals surface area (Å²) in [6, 6.07) is 0.514. The molecule has 0 saturated carbocycles. The van der Waals surface area contributed by atoms with Gasteiger partial charge in [0.1, 0.15) is 0 Å². The summed E-state index contributed by atoms with van der Waals surface area (Å²) in [4.78, 5) is 13.7. The molecule has 2 unspecified atom stereocenters. The molecule has 1 aliphatic rings. The van der Waals surface area contributed by atoms with Crippen LogP contribution in [0.1, 0.15) is 26.7 Å². The Morgan fingerprint density at radius 1 is 1.62 bits per heavy atom. The third-order valence-electron chi connectivity index (χ3n) is 3.06. The molecule has 1 rings (SSSR count). The lowest BCUT2D eigenvalue weighted by atomic mass is 10.1. The van der Waals surface area contributed by atoms with Crippen LogP contribution in [-0.2, 0) is 9.53 Å². The zero-order valence-corrected chi connectivity index (χ0v) is 11.2. The van der Waals surface area contributed by atoms with E-state index in [1.54, 1.807) is 0 Å². The van der Waals surface area contributed by atoms with Crippen molar-refractivity contribution < 1.29 is 9.53 Å². The van der Waals surface area contributed by atoms with Gasteiger partial charge in [-0.25, -0.2) is 0 Å². The molecule has 0 radical (unpaired) electrons. The predicted molar refractivity (Wildman–Crippen MR) is 67.0 cm³/mol. The van der Waals surface area contributed by atoms with E-state index in [-0.39, 0.29) is 24.4 Å². The quantitative estimate of drug-likeness (QED) is 0.811. The minimum Gasteiger partial charge on any atom is -0.378 e. The highest BCUT2D eigenvalue weighted by Crippen LogP contribution is 2.06. The van der Waals surface area contributed by atoms with Crippen molar-refractivity contribution in [1.82, 2.24) is 10.2 Å². The van der Waals surface area contributed by atoms with E-state index in [4.69, 9.17) is 4.74 Å². The van der Waals surface area contributed by atoms with E-state index < -0.39 is 0 Å². The van der Waals surface area contributed by atoms with Crippen LogP contribution in [0.4, 0.5) is 0 Å². The van der Waals surface area contributed by atoms with Gasteiger partial charge < -0.3 is 15.0 Å². The molecule has 1 saturated heterocycles. The molecule has 0 bridgehead atoms. The Morgan fingerprint density at radius 2 is 2.31 bits per heavy atom. The number of nitrogens with one attached hydrogen (secondary N) is 1. The van der Waals surface area contributed by atoms with E-state index in [0.29, 0.717) is 19.1 Å². The summed E-state index contributed by atoms with van der Waals surface area (Å²) >= 11 is 0. The highest BCUT2D eigenvalue weighted by atomic mass is 35.5. The molecule has 1 amide bonds. The number of halogens is 1. The van der Waals surface area contributed by atoms with Crippen molar-refractivity contribution in [1.29, 1.82) is 0 Å². The molecule has 0 aromatic heterocycles. The van der Waals surface area contributed by atoms with Crippen molar-refractivity contribution in [2.24, 2.45) is 0 Å². The number of hydrogen-bond acceptors (Lipinski definition) is 3. The first kappa shape index (κ1) is 15.7. The standard InChI is InChI=1S/C11H22N2O2.ClH/c1-4-9(2)13(3)11(14)7-10-8-15-6-5-12-10;/h9-10,12H,4-8H2,1-3H3;1H. The first-order chi connectivity index (χ1) is 7.15. The Bertz CT molecular complexity index is 208. The number of morpholine rings is 1. The number of hydrogen-bond donors (Lipinski definition) is 1. The molecule has 1 heterocycles. The van der Waals surface area contributed by atoms with Crippen LogP contribution in [0.3, 0.4) is 0 Å². The van der Waals surface area contributed by atoms with E-state index in [0.717, 1.165) is 19.6 Å². The highest BCUT2D eigenvalue weighted by Gasteiger charge is 2.20. The molecule has 96 valence electrons. The fourth-order valence-electron chi connectivity index (χ4n) is 1.63. The average Bonchev–Trinajstić information content (AvgIpc) is 2.28. The molecular formula is C11H23ClN2O2. The normalized spacial score (nSPS) is 22.1. The zero-order valence-electron chi connectivity index (χ0n) is 10.4. The van der Waals surface area contributed by atoms with Crippen LogP contribution in [0.15, 0.2) is 0 Å². The minimum atomic E-state index is 0. The summed E-state index contributed by atoms with van der Waals surface area (Å²) in [5, 5.41) is 3.29. The van der Waals surface area contributed by atoms with Crippen LogP contribution >= 0.6 is 12.4 Å². The topological polar surface area (TPSA) is 41.6 Å². The fraction of sp³-hybridized carbons (Fsp3) is 0.909. The lowest BCUT2D eigenvalue weighted by molar-refractivity contribution is -0.133. The van der Waals surface area contributed by atoms with Gasteiger partial charge in [-0.05, 0) is 13.3 Å². The van der Waals surface area contributed by atoms with Crippen LogP contribution in [0, 0.1) is 0 Å². The minimum absolute atomic E-state index is 0. The van der Waals surface area contributed by atoms with Gasteiger partial charge in [-0.15, -0.1) is 12.4 Å². The maximum atomic E-state index is 11.8. The number of ether oxygens (including phenoxy) is 1. The number of rotatable bonds is 4. The molecule has 0 aromatic rings. The molecule has 4 nitrogen and oxygen atoms in total. The summed E-state index contributed by atoms with van der Waals surface area (Å²) in [5.74, 6) is 0.201. The Kier molecular flexibility index (Phi) is 7.72. The molecule has 0 aromatic carbocycles. The molecule has 5 heteroatoms. The zero-order chi connectivity index (χ0) is 11.3. The second kappa shape index (κ2) is 7.87. The first-order valence-electron chi connectivity index (χ1n) is 5.72. The van der Waals surface area contributed by atoms with E-state index in [1.807, 2.05) is 11.9 Å². The van der Waals surface area contributed by atoms with Gasteiger partial charge in [0.25, 0.3) is 0 Å². The van der Waals surface area contributed by atoms with Crippen molar-refractivity contribution in [3.63, 3.8) is 0 Å². The van der Waals surface area contributed by atoms with Gasteiger partial charge in [0, 0.05) is 32.1 Å². The summed E-state index contributed by atoms with van der Waals surface area (Å²) in [6.07, 6.45) is 1.54. The van der Waals surface area contributed by atoms with Gasteiger partial charge in [0.2, 0.25) is 5.91 Å². The molecule has 1 aliphatic heterocycles. The second-order valence-corrected chi connectivity index (χ2v) is 4.19. The highest BCUT2D eigenvalue weighted by molar-refractivity contribution is 5.85. The van der Waals surface area contributed by atoms with Crippen LogP contribution < -0.4 is 5.32 Å². The summed E-state index contributed by atoms with van der Waals surface area (Å²) in [7, 11) is 1.88. The van der Waals surface area contributed by atoms with E-state index in [2.05, 4.69) is 19.2 Å². The van der Waals surface area contributed by atoms with Crippen LogP contribution in [0.5, 0.6) is 0 Å². The second-order valence-electron chi connectivity index (χ2n) is 4.19. The maximum Gasteiger partial charge on any atom is 0.224 e. The number of carbonyl (C=O) groups is 1. The first-order valence-corrected chi connectivity index (χ1v) is 5.72. The molecule has 0 aliphatic carbocycles. The Hall–Kier alpha value is -0.320. The smallest absolute Gasteiger partial charge is 0.224 e. The molecule has 1 N–H and O–H groups in total. The molecule has 2 atom stereocenters. The Labute approximate surface area is 104 Å². The van der Waals surface area contributed by atoms with E-state index in [9.17, 15) is 4.79 Å². The van der Waals surface area contributed by atoms with Crippen LogP contribution in [-0.4, -0.2) is 49.7 Å².